The van der Waals surface area contributed by atoms with E-state index in [0.717, 1.165) is 17.7 Å². The van der Waals surface area contributed by atoms with Crippen LogP contribution in [0.15, 0.2) is 54.6 Å². The molecule has 0 aliphatic carbocycles. The number of fused-ring (bicyclic) bond motifs is 1. The average molecular weight is 538 g/mol. The fraction of sp³-hybridized carbons (Fsp3) is 0.241. The summed E-state index contributed by atoms with van der Waals surface area (Å²) in [6.07, 6.45) is -4.86. The monoisotopic (exact) mass is 538 g/mol. The van der Waals surface area contributed by atoms with Crippen LogP contribution >= 0.6 is 0 Å². The number of aryl methyl sites for hydroxylation is 3. The minimum absolute atomic E-state index is 0.00403. The molecule has 4 aromatic rings. The molecule has 0 aromatic heterocycles. The maximum atomic E-state index is 15.1. The van der Waals surface area contributed by atoms with Crippen LogP contribution in [0.2, 0.25) is 0 Å². The first-order chi connectivity index (χ1) is 18.0. The van der Waals surface area contributed by atoms with Crippen molar-refractivity contribution in [3.05, 3.63) is 112 Å². The van der Waals surface area contributed by atoms with E-state index in [4.69, 9.17) is 4.74 Å². The Hall–Kier alpha value is -3.62. The van der Waals surface area contributed by atoms with E-state index in [1.807, 2.05) is 0 Å². The Labute approximate surface area is 213 Å². The van der Waals surface area contributed by atoms with Gasteiger partial charge < -0.3 is 4.74 Å². The zero-order valence-electron chi connectivity index (χ0n) is 20.2. The summed E-state index contributed by atoms with van der Waals surface area (Å²) in [6, 6.07) is 11.5. The van der Waals surface area contributed by atoms with Crippen LogP contribution in [0.3, 0.4) is 0 Å². The molecule has 0 bridgehead atoms. The van der Waals surface area contributed by atoms with E-state index < -0.39 is 40.8 Å². The van der Waals surface area contributed by atoms with Gasteiger partial charge in [-0.15, -0.1) is 0 Å². The highest BCUT2D eigenvalue weighted by molar-refractivity contribution is 5.84. The molecule has 0 aliphatic heterocycles. The molecule has 0 aliphatic rings. The quantitative estimate of drug-likeness (QED) is 0.204. The van der Waals surface area contributed by atoms with Gasteiger partial charge in [0.25, 0.3) is 0 Å². The van der Waals surface area contributed by atoms with E-state index in [1.54, 1.807) is 25.1 Å². The van der Waals surface area contributed by atoms with Crippen molar-refractivity contribution in [1.29, 1.82) is 0 Å². The second-order valence-corrected chi connectivity index (χ2v) is 8.82. The lowest BCUT2D eigenvalue weighted by atomic mass is 9.97. The minimum Gasteiger partial charge on any atom is -0.494 e. The molecule has 0 atom stereocenters. The first-order valence-corrected chi connectivity index (χ1v) is 11.8. The third kappa shape index (κ3) is 5.92. The van der Waals surface area contributed by atoms with Crippen LogP contribution in [0, 0.1) is 29.1 Å². The first-order valence-electron chi connectivity index (χ1n) is 11.8. The highest BCUT2D eigenvalue weighted by atomic mass is 19.4. The highest BCUT2D eigenvalue weighted by Gasteiger charge is 2.37. The normalized spacial score (nSPS) is 11.8. The topological polar surface area (TPSA) is 9.23 Å². The van der Waals surface area contributed by atoms with Crippen molar-refractivity contribution in [2.24, 2.45) is 0 Å². The summed E-state index contributed by atoms with van der Waals surface area (Å²) in [5.74, 6) is -5.31. The Kier molecular flexibility index (Phi) is 7.94. The van der Waals surface area contributed by atoms with Crippen molar-refractivity contribution in [2.75, 3.05) is 6.61 Å². The summed E-state index contributed by atoms with van der Waals surface area (Å²) < 4.78 is 115. The van der Waals surface area contributed by atoms with Crippen molar-refractivity contribution in [1.82, 2.24) is 0 Å². The zero-order chi connectivity index (χ0) is 27.6. The molecule has 0 saturated heterocycles. The van der Waals surface area contributed by atoms with Gasteiger partial charge in [-0.05, 0) is 66.8 Å². The number of halogens is 8. The Morgan fingerprint density at radius 2 is 1.29 bits per heavy atom. The van der Waals surface area contributed by atoms with Crippen LogP contribution in [0.1, 0.15) is 34.7 Å². The Morgan fingerprint density at radius 3 is 1.89 bits per heavy atom. The number of rotatable bonds is 8. The number of hydrogen-bond acceptors (Lipinski definition) is 1. The maximum absolute atomic E-state index is 15.1. The molecule has 0 unspecified atom stereocenters. The third-order valence-electron chi connectivity index (χ3n) is 6.26. The largest absolute Gasteiger partial charge is 0.494 e. The van der Waals surface area contributed by atoms with Gasteiger partial charge in [-0.25, -0.2) is 22.0 Å². The van der Waals surface area contributed by atoms with Crippen molar-refractivity contribution in [3.63, 3.8) is 0 Å². The molecule has 9 heteroatoms. The SMILES string of the molecule is CCOc1cc(F)c(CCc2ccc3c(F)c(CCc4cc(F)c(C(F)(F)F)c(F)c4)ccc3c2)c(F)c1. The molecule has 0 heterocycles. The standard InChI is InChI=1S/C29H22F8O/c1-2-38-20-14-23(30)22(24(31)15-20)10-5-16-4-9-21-19(11-16)8-7-18(28(21)34)6-3-17-12-25(32)27(26(33)13-17)29(35,36)37/h4,7-9,11-15H,2-3,5-6,10H2,1H3. The molecule has 0 amide bonds. The van der Waals surface area contributed by atoms with Gasteiger partial charge >= 0.3 is 6.18 Å². The van der Waals surface area contributed by atoms with Gasteiger partial charge in [0, 0.05) is 23.1 Å². The molecular weight excluding hydrogens is 516 g/mol. The van der Waals surface area contributed by atoms with E-state index in [2.05, 4.69) is 0 Å². The smallest absolute Gasteiger partial charge is 0.422 e. The van der Waals surface area contributed by atoms with E-state index in [-0.39, 0.29) is 53.7 Å². The fourth-order valence-electron chi connectivity index (χ4n) is 4.39. The number of ether oxygens (including phenoxy) is 1. The lowest BCUT2D eigenvalue weighted by Gasteiger charge is -2.12. The second-order valence-electron chi connectivity index (χ2n) is 8.82. The molecule has 4 rings (SSSR count). The van der Waals surface area contributed by atoms with Crippen LogP contribution in [-0.4, -0.2) is 6.61 Å². The van der Waals surface area contributed by atoms with Crippen molar-refractivity contribution < 1.29 is 39.9 Å². The van der Waals surface area contributed by atoms with E-state index in [9.17, 15) is 30.7 Å². The fourth-order valence-corrected chi connectivity index (χ4v) is 4.39. The highest BCUT2D eigenvalue weighted by Crippen LogP contribution is 2.34. The van der Waals surface area contributed by atoms with Gasteiger partial charge in [0.05, 0.1) is 6.61 Å². The van der Waals surface area contributed by atoms with E-state index in [0.29, 0.717) is 23.9 Å². The average Bonchev–Trinajstić information content (AvgIpc) is 2.82. The van der Waals surface area contributed by atoms with Crippen LogP contribution in [0.4, 0.5) is 35.1 Å². The van der Waals surface area contributed by atoms with Gasteiger partial charge in [0.15, 0.2) is 0 Å². The van der Waals surface area contributed by atoms with Crippen molar-refractivity contribution in [2.45, 2.75) is 38.8 Å². The molecule has 1 nitrogen and oxygen atoms in total. The molecule has 38 heavy (non-hydrogen) atoms. The summed E-state index contributed by atoms with van der Waals surface area (Å²) in [6.45, 7) is 1.98. The molecular formula is C29H22F8O. The zero-order valence-corrected chi connectivity index (χ0v) is 20.2. The Balaban J connectivity index is 1.48. The van der Waals surface area contributed by atoms with Gasteiger partial charge in [-0.3, -0.25) is 0 Å². The lowest BCUT2D eigenvalue weighted by molar-refractivity contribution is -0.142. The Bertz CT molecular complexity index is 1430. The molecule has 0 radical (unpaired) electrons. The molecule has 4 aromatic carbocycles. The third-order valence-corrected chi connectivity index (χ3v) is 6.26. The lowest BCUT2D eigenvalue weighted by Crippen LogP contribution is -2.12. The van der Waals surface area contributed by atoms with Crippen molar-refractivity contribution >= 4 is 10.8 Å². The number of alkyl halides is 3. The molecule has 0 N–H and O–H groups in total. The van der Waals surface area contributed by atoms with Crippen molar-refractivity contribution in [3.8, 4) is 5.75 Å². The summed E-state index contributed by atoms with van der Waals surface area (Å²) >= 11 is 0. The number of hydrogen-bond donors (Lipinski definition) is 0. The van der Waals surface area contributed by atoms with E-state index >= 15 is 4.39 Å². The maximum Gasteiger partial charge on any atom is 0.422 e. The van der Waals surface area contributed by atoms with E-state index in [1.165, 1.54) is 12.1 Å². The molecule has 200 valence electrons. The summed E-state index contributed by atoms with van der Waals surface area (Å²) in [5, 5.41) is 0.817. The van der Waals surface area contributed by atoms with Gasteiger partial charge in [-0.2, -0.15) is 13.2 Å². The van der Waals surface area contributed by atoms with Crippen LogP contribution < -0.4 is 4.74 Å². The summed E-state index contributed by atoms with van der Waals surface area (Å²) in [5.41, 5.74) is -1.11. The minimum atomic E-state index is -5.16. The van der Waals surface area contributed by atoms with Crippen LogP contribution in [0.25, 0.3) is 10.8 Å². The first kappa shape index (κ1) is 27.4. The van der Waals surface area contributed by atoms with Crippen LogP contribution in [-0.2, 0) is 31.9 Å². The molecule has 0 saturated carbocycles. The number of benzene rings is 4. The molecule has 0 fully saturated rings. The van der Waals surface area contributed by atoms with Gasteiger partial charge in [0.1, 0.15) is 40.4 Å². The predicted octanol–water partition coefficient (Wildman–Crippen LogP) is 8.52. The van der Waals surface area contributed by atoms with Crippen LogP contribution in [0.5, 0.6) is 5.75 Å². The summed E-state index contributed by atoms with van der Waals surface area (Å²) in [7, 11) is 0. The molecule has 0 spiro atoms. The van der Waals surface area contributed by atoms with Gasteiger partial charge in [-0.1, -0.05) is 30.3 Å². The Morgan fingerprint density at radius 1 is 0.658 bits per heavy atom. The van der Waals surface area contributed by atoms with Gasteiger partial charge in [0.2, 0.25) is 0 Å². The second kappa shape index (κ2) is 11.0. The summed E-state index contributed by atoms with van der Waals surface area (Å²) in [4.78, 5) is 0. The predicted molar refractivity (Wildman–Crippen MR) is 128 cm³/mol.